The first-order valence-corrected chi connectivity index (χ1v) is 7.57. The minimum absolute atomic E-state index is 0.0585. The zero-order valence-electron chi connectivity index (χ0n) is 11.1. The van der Waals surface area contributed by atoms with Crippen LogP contribution >= 0.6 is 23.4 Å². The van der Waals surface area contributed by atoms with Gasteiger partial charge in [0.25, 0.3) is 0 Å². The van der Waals surface area contributed by atoms with Crippen LogP contribution in [0.25, 0.3) is 0 Å². The van der Waals surface area contributed by atoms with E-state index in [9.17, 15) is 4.39 Å². The van der Waals surface area contributed by atoms with Crippen molar-refractivity contribution in [2.75, 3.05) is 5.75 Å². The smallest absolute Gasteiger partial charge is 0.123 e. The molecule has 0 saturated carbocycles. The number of hydrazine groups is 1. The Morgan fingerprint density at radius 1 is 1.30 bits per heavy atom. The molecule has 3 N–H and O–H groups in total. The van der Waals surface area contributed by atoms with E-state index in [4.69, 9.17) is 17.4 Å². The Bertz CT molecular complexity index is 592. The van der Waals surface area contributed by atoms with Crippen LogP contribution in [0.4, 0.5) is 4.39 Å². The molecule has 0 aliphatic rings. The van der Waals surface area contributed by atoms with Gasteiger partial charge in [0.05, 0.1) is 11.1 Å². The van der Waals surface area contributed by atoms with Gasteiger partial charge in [-0.25, -0.2) is 4.39 Å². The normalized spacial score (nSPS) is 12.4. The fourth-order valence-corrected chi connectivity index (χ4v) is 3.29. The molecule has 2 rings (SSSR count). The standard InChI is InChI=1S/C15H16ClFN2S/c1-10-8-11(17)6-7-12(10)14(19-18)9-20-15-5-3-2-4-13(15)16/h2-8,14,19H,9,18H2,1H3. The Morgan fingerprint density at radius 3 is 2.70 bits per heavy atom. The molecule has 0 aromatic heterocycles. The van der Waals surface area contributed by atoms with E-state index in [2.05, 4.69) is 5.43 Å². The third kappa shape index (κ3) is 3.73. The molecule has 106 valence electrons. The number of thioether (sulfide) groups is 1. The van der Waals surface area contributed by atoms with Gasteiger partial charge < -0.3 is 0 Å². The average molecular weight is 311 g/mol. The summed E-state index contributed by atoms with van der Waals surface area (Å²) < 4.78 is 13.1. The first-order valence-electron chi connectivity index (χ1n) is 6.21. The van der Waals surface area contributed by atoms with E-state index >= 15 is 0 Å². The van der Waals surface area contributed by atoms with Crippen molar-refractivity contribution in [3.63, 3.8) is 0 Å². The summed E-state index contributed by atoms with van der Waals surface area (Å²) in [6, 6.07) is 12.3. The molecule has 0 bridgehead atoms. The Morgan fingerprint density at radius 2 is 2.05 bits per heavy atom. The Balaban J connectivity index is 2.11. The van der Waals surface area contributed by atoms with E-state index in [0.717, 1.165) is 21.0 Å². The predicted octanol–water partition coefficient (Wildman–Crippen LogP) is 4.08. The largest absolute Gasteiger partial charge is 0.271 e. The molecule has 0 aliphatic heterocycles. The summed E-state index contributed by atoms with van der Waals surface area (Å²) in [6.07, 6.45) is 0. The van der Waals surface area contributed by atoms with Crippen molar-refractivity contribution in [3.8, 4) is 0 Å². The number of hydrogen-bond donors (Lipinski definition) is 2. The van der Waals surface area contributed by atoms with Crippen molar-refractivity contribution >= 4 is 23.4 Å². The van der Waals surface area contributed by atoms with Gasteiger partial charge in [-0.05, 0) is 42.3 Å². The van der Waals surface area contributed by atoms with Crippen molar-refractivity contribution in [1.29, 1.82) is 0 Å². The molecule has 20 heavy (non-hydrogen) atoms. The van der Waals surface area contributed by atoms with Crippen LogP contribution in [0, 0.1) is 12.7 Å². The maximum atomic E-state index is 13.1. The van der Waals surface area contributed by atoms with Gasteiger partial charge in [0.2, 0.25) is 0 Å². The molecule has 5 heteroatoms. The lowest BCUT2D eigenvalue weighted by molar-refractivity contribution is 0.597. The van der Waals surface area contributed by atoms with Crippen LogP contribution in [0.15, 0.2) is 47.4 Å². The highest BCUT2D eigenvalue weighted by molar-refractivity contribution is 7.99. The molecule has 0 aliphatic carbocycles. The summed E-state index contributed by atoms with van der Waals surface area (Å²) in [6.45, 7) is 1.88. The minimum atomic E-state index is -0.235. The maximum absolute atomic E-state index is 13.1. The summed E-state index contributed by atoms with van der Waals surface area (Å²) >= 11 is 7.75. The first kappa shape index (κ1) is 15.3. The average Bonchev–Trinajstić information content (AvgIpc) is 2.43. The molecule has 0 amide bonds. The second-order valence-electron chi connectivity index (χ2n) is 4.46. The number of nitrogens with one attached hydrogen (secondary N) is 1. The first-order chi connectivity index (χ1) is 9.61. The molecule has 2 nitrogen and oxygen atoms in total. The van der Waals surface area contributed by atoms with E-state index in [0.29, 0.717) is 5.75 Å². The van der Waals surface area contributed by atoms with Crippen molar-refractivity contribution in [2.45, 2.75) is 17.9 Å². The Kier molecular flexibility index (Phi) is 5.43. The molecule has 0 saturated heterocycles. The lowest BCUT2D eigenvalue weighted by atomic mass is 10.0. The SMILES string of the molecule is Cc1cc(F)ccc1C(CSc1ccccc1Cl)NN. The monoisotopic (exact) mass is 310 g/mol. The molecule has 2 aromatic rings. The minimum Gasteiger partial charge on any atom is -0.271 e. The van der Waals surface area contributed by atoms with E-state index in [1.54, 1.807) is 17.8 Å². The number of halogens is 2. The second kappa shape index (κ2) is 7.09. The van der Waals surface area contributed by atoms with Gasteiger partial charge in [-0.15, -0.1) is 11.8 Å². The van der Waals surface area contributed by atoms with Gasteiger partial charge in [0.1, 0.15) is 5.82 Å². The van der Waals surface area contributed by atoms with Crippen molar-refractivity contribution in [2.24, 2.45) is 5.84 Å². The van der Waals surface area contributed by atoms with E-state index < -0.39 is 0 Å². The summed E-state index contributed by atoms with van der Waals surface area (Å²) in [5.74, 6) is 6.10. The van der Waals surface area contributed by atoms with Gasteiger partial charge >= 0.3 is 0 Å². The van der Waals surface area contributed by atoms with Crippen molar-refractivity contribution < 1.29 is 4.39 Å². The lowest BCUT2D eigenvalue weighted by Crippen LogP contribution is -2.30. The number of rotatable bonds is 5. The summed E-state index contributed by atoms with van der Waals surface area (Å²) in [5.41, 5.74) is 4.66. The van der Waals surface area contributed by atoms with Crippen LogP contribution in [-0.4, -0.2) is 5.75 Å². The molecule has 1 unspecified atom stereocenters. The van der Waals surface area contributed by atoms with Gasteiger partial charge in [-0.2, -0.15) is 0 Å². The van der Waals surface area contributed by atoms with Gasteiger partial charge in [-0.3, -0.25) is 11.3 Å². The molecule has 0 heterocycles. The van der Waals surface area contributed by atoms with E-state index in [1.165, 1.54) is 12.1 Å². The molecular weight excluding hydrogens is 295 g/mol. The van der Waals surface area contributed by atoms with Gasteiger partial charge in [0, 0.05) is 10.6 Å². The summed E-state index contributed by atoms with van der Waals surface area (Å²) in [5, 5.41) is 0.726. The Hall–Kier alpha value is -1.07. The lowest BCUT2D eigenvalue weighted by Gasteiger charge is -2.18. The zero-order valence-corrected chi connectivity index (χ0v) is 12.6. The van der Waals surface area contributed by atoms with Gasteiger partial charge in [0.15, 0.2) is 0 Å². The molecular formula is C15H16ClFN2S. The summed E-state index contributed by atoms with van der Waals surface area (Å²) in [7, 11) is 0. The molecule has 2 aromatic carbocycles. The maximum Gasteiger partial charge on any atom is 0.123 e. The van der Waals surface area contributed by atoms with E-state index in [1.807, 2.05) is 31.2 Å². The van der Waals surface area contributed by atoms with Crippen LogP contribution in [0.1, 0.15) is 17.2 Å². The van der Waals surface area contributed by atoms with Crippen LogP contribution in [0.2, 0.25) is 5.02 Å². The fraction of sp³-hybridized carbons (Fsp3) is 0.200. The summed E-state index contributed by atoms with van der Waals surface area (Å²) in [4.78, 5) is 1.01. The molecule has 0 spiro atoms. The van der Waals surface area contributed by atoms with Crippen LogP contribution in [-0.2, 0) is 0 Å². The van der Waals surface area contributed by atoms with Crippen LogP contribution in [0.3, 0.4) is 0 Å². The number of benzene rings is 2. The number of aryl methyl sites for hydroxylation is 1. The predicted molar refractivity (Wildman–Crippen MR) is 83.4 cm³/mol. The Labute approximate surface area is 127 Å². The highest BCUT2D eigenvalue weighted by Gasteiger charge is 2.14. The number of nitrogens with two attached hydrogens (primary N) is 1. The van der Waals surface area contributed by atoms with Crippen molar-refractivity contribution in [3.05, 3.63) is 64.4 Å². The molecule has 1 atom stereocenters. The van der Waals surface area contributed by atoms with Gasteiger partial charge in [-0.1, -0.05) is 29.8 Å². The zero-order chi connectivity index (χ0) is 14.5. The highest BCUT2D eigenvalue weighted by atomic mass is 35.5. The topological polar surface area (TPSA) is 38.0 Å². The number of hydrogen-bond acceptors (Lipinski definition) is 3. The third-order valence-corrected chi connectivity index (χ3v) is 4.66. The quantitative estimate of drug-likeness (QED) is 0.496. The van der Waals surface area contributed by atoms with Crippen LogP contribution < -0.4 is 11.3 Å². The highest BCUT2D eigenvalue weighted by Crippen LogP contribution is 2.30. The van der Waals surface area contributed by atoms with Crippen LogP contribution in [0.5, 0.6) is 0 Å². The third-order valence-electron chi connectivity index (χ3n) is 3.05. The van der Waals surface area contributed by atoms with E-state index in [-0.39, 0.29) is 11.9 Å². The second-order valence-corrected chi connectivity index (χ2v) is 5.93. The molecule has 0 fully saturated rings. The van der Waals surface area contributed by atoms with Crippen molar-refractivity contribution in [1.82, 2.24) is 5.43 Å². The molecule has 0 radical (unpaired) electrons. The fourth-order valence-electron chi connectivity index (χ4n) is 1.99.